The van der Waals surface area contributed by atoms with E-state index in [0.29, 0.717) is 16.5 Å². The second-order valence-electron chi connectivity index (χ2n) is 6.45. The molecular formula is C21H15FN4O4S. The normalized spacial score (nSPS) is 10.8. The highest BCUT2D eigenvalue weighted by Crippen LogP contribution is 2.31. The number of aromatic amines is 1. The molecule has 0 radical (unpaired) electrons. The molecule has 0 fully saturated rings. The minimum Gasteiger partial charge on any atom is -0.454 e. The molecule has 31 heavy (non-hydrogen) atoms. The number of fused-ring (bicyclic) bond motifs is 1. The molecule has 156 valence electrons. The Labute approximate surface area is 178 Å². The summed E-state index contributed by atoms with van der Waals surface area (Å²) >= 11 is 1.11. The van der Waals surface area contributed by atoms with Crippen LogP contribution >= 0.6 is 11.3 Å². The van der Waals surface area contributed by atoms with Gasteiger partial charge in [0.05, 0.1) is 16.8 Å². The van der Waals surface area contributed by atoms with Gasteiger partial charge < -0.3 is 4.74 Å². The Morgan fingerprint density at radius 2 is 1.84 bits per heavy atom. The number of rotatable bonds is 5. The minimum atomic E-state index is -0.737. The van der Waals surface area contributed by atoms with E-state index in [1.165, 1.54) is 25.1 Å². The fraction of sp³-hybridized carbons (Fsp3) is 0.0952. The number of benzene rings is 2. The number of amides is 1. The molecule has 0 aliphatic rings. The van der Waals surface area contributed by atoms with Gasteiger partial charge in [-0.05, 0) is 18.2 Å². The highest BCUT2D eigenvalue weighted by atomic mass is 32.1. The van der Waals surface area contributed by atoms with E-state index in [2.05, 4.69) is 15.2 Å². The van der Waals surface area contributed by atoms with Crippen LogP contribution in [-0.4, -0.2) is 27.1 Å². The monoisotopic (exact) mass is 438 g/mol. The molecule has 2 aromatic carbocycles. The second kappa shape index (κ2) is 8.44. The van der Waals surface area contributed by atoms with Crippen molar-refractivity contribution in [2.24, 2.45) is 0 Å². The van der Waals surface area contributed by atoms with E-state index < -0.39 is 23.3 Å². The summed E-state index contributed by atoms with van der Waals surface area (Å²) in [5.41, 5.74) is 0.0256. The Morgan fingerprint density at radius 3 is 2.58 bits per heavy atom. The van der Waals surface area contributed by atoms with E-state index in [-0.39, 0.29) is 23.1 Å². The summed E-state index contributed by atoms with van der Waals surface area (Å²) in [6.07, 6.45) is 0. The fourth-order valence-corrected chi connectivity index (χ4v) is 3.85. The lowest BCUT2D eigenvalue weighted by molar-refractivity contribution is -0.115. The van der Waals surface area contributed by atoms with Crippen LogP contribution in [0, 0.1) is 5.82 Å². The SMILES string of the molecule is CC(=O)N(c1nc(COC(=O)c2n[nH]c(=O)c3ccccc23)cs1)c1ccccc1F. The number of H-pyrrole nitrogens is 1. The molecule has 2 heterocycles. The van der Waals surface area contributed by atoms with E-state index in [1.54, 1.807) is 35.7 Å². The first kappa shape index (κ1) is 20.4. The van der Waals surface area contributed by atoms with Crippen LogP contribution in [0.4, 0.5) is 15.2 Å². The van der Waals surface area contributed by atoms with Gasteiger partial charge in [0.1, 0.15) is 12.4 Å². The Kier molecular flexibility index (Phi) is 5.54. The number of esters is 1. The fourth-order valence-electron chi connectivity index (χ4n) is 2.98. The van der Waals surface area contributed by atoms with Crippen LogP contribution in [0.5, 0.6) is 0 Å². The number of aromatic nitrogens is 3. The topological polar surface area (TPSA) is 105 Å². The number of para-hydroxylation sites is 1. The third kappa shape index (κ3) is 4.05. The zero-order valence-corrected chi connectivity index (χ0v) is 17.0. The number of ether oxygens (including phenoxy) is 1. The summed E-state index contributed by atoms with van der Waals surface area (Å²) in [5.74, 6) is -1.71. The van der Waals surface area contributed by atoms with Crippen molar-refractivity contribution in [1.29, 1.82) is 0 Å². The van der Waals surface area contributed by atoms with Gasteiger partial charge in [-0.3, -0.25) is 14.5 Å². The first-order chi connectivity index (χ1) is 15.0. The summed E-state index contributed by atoms with van der Waals surface area (Å²) in [6, 6.07) is 12.4. The van der Waals surface area contributed by atoms with Crippen LogP contribution in [0.1, 0.15) is 23.1 Å². The predicted octanol–water partition coefficient (Wildman–Crippen LogP) is 3.56. The number of carbonyl (C=O) groups excluding carboxylic acids is 2. The van der Waals surface area contributed by atoms with Gasteiger partial charge in [0.15, 0.2) is 10.8 Å². The molecule has 0 spiro atoms. The van der Waals surface area contributed by atoms with Crippen LogP contribution < -0.4 is 10.5 Å². The largest absolute Gasteiger partial charge is 0.454 e. The Bertz CT molecular complexity index is 1350. The predicted molar refractivity (Wildman–Crippen MR) is 113 cm³/mol. The van der Waals surface area contributed by atoms with Gasteiger partial charge in [0.25, 0.3) is 5.56 Å². The molecule has 10 heteroatoms. The van der Waals surface area contributed by atoms with Crippen molar-refractivity contribution >= 4 is 44.8 Å². The molecule has 0 aliphatic carbocycles. The average molecular weight is 438 g/mol. The number of hydrogen-bond donors (Lipinski definition) is 1. The lowest BCUT2D eigenvalue weighted by Gasteiger charge is -2.18. The van der Waals surface area contributed by atoms with Crippen molar-refractivity contribution in [2.45, 2.75) is 13.5 Å². The van der Waals surface area contributed by atoms with Crippen LogP contribution in [0.15, 0.2) is 58.7 Å². The van der Waals surface area contributed by atoms with E-state index in [1.807, 2.05) is 0 Å². The van der Waals surface area contributed by atoms with Crippen LogP contribution in [-0.2, 0) is 16.1 Å². The summed E-state index contributed by atoms with van der Waals surface area (Å²) < 4.78 is 19.5. The second-order valence-corrected chi connectivity index (χ2v) is 7.29. The molecule has 4 rings (SSSR count). The maximum atomic E-state index is 14.2. The van der Waals surface area contributed by atoms with Crippen molar-refractivity contribution in [3.63, 3.8) is 0 Å². The number of hydrogen-bond acceptors (Lipinski definition) is 7. The molecule has 0 saturated carbocycles. The van der Waals surface area contributed by atoms with Crippen LogP contribution in [0.2, 0.25) is 0 Å². The molecule has 0 aliphatic heterocycles. The van der Waals surface area contributed by atoms with Gasteiger partial charge in [-0.1, -0.05) is 30.3 Å². The van der Waals surface area contributed by atoms with E-state index in [9.17, 15) is 18.8 Å². The van der Waals surface area contributed by atoms with Gasteiger partial charge >= 0.3 is 5.97 Å². The molecule has 0 bridgehead atoms. The molecular weight excluding hydrogens is 423 g/mol. The number of nitrogens with one attached hydrogen (secondary N) is 1. The van der Waals surface area contributed by atoms with Crippen LogP contribution in [0.3, 0.4) is 0 Å². The summed E-state index contributed by atoms with van der Waals surface area (Å²) in [4.78, 5) is 41.9. The first-order valence-corrected chi connectivity index (χ1v) is 9.98. The van der Waals surface area contributed by atoms with Crippen molar-refractivity contribution in [3.05, 3.63) is 81.5 Å². The van der Waals surface area contributed by atoms with Crippen LogP contribution in [0.25, 0.3) is 10.8 Å². The highest BCUT2D eigenvalue weighted by Gasteiger charge is 2.22. The van der Waals surface area contributed by atoms with E-state index in [4.69, 9.17) is 4.74 Å². The summed E-state index contributed by atoms with van der Waals surface area (Å²) in [5, 5.41) is 8.63. The maximum absolute atomic E-state index is 14.2. The average Bonchev–Trinajstić information content (AvgIpc) is 3.22. The van der Waals surface area contributed by atoms with Crippen molar-refractivity contribution < 1.29 is 18.7 Å². The van der Waals surface area contributed by atoms with Crippen molar-refractivity contribution in [1.82, 2.24) is 15.2 Å². The van der Waals surface area contributed by atoms with Gasteiger partial charge in [-0.2, -0.15) is 5.10 Å². The minimum absolute atomic E-state index is 0.0256. The highest BCUT2D eigenvalue weighted by molar-refractivity contribution is 7.14. The Hall–Kier alpha value is -3.92. The zero-order valence-electron chi connectivity index (χ0n) is 16.2. The third-order valence-electron chi connectivity index (χ3n) is 4.38. The molecule has 8 nitrogen and oxygen atoms in total. The molecule has 0 saturated heterocycles. The van der Waals surface area contributed by atoms with Gasteiger partial charge in [0, 0.05) is 17.7 Å². The number of carbonyl (C=O) groups is 2. The molecule has 1 N–H and O–H groups in total. The van der Waals surface area contributed by atoms with E-state index >= 15 is 0 Å². The van der Waals surface area contributed by atoms with Crippen molar-refractivity contribution in [2.75, 3.05) is 4.90 Å². The Morgan fingerprint density at radius 1 is 1.13 bits per heavy atom. The lowest BCUT2D eigenvalue weighted by atomic mass is 10.1. The summed E-state index contributed by atoms with van der Waals surface area (Å²) in [6.45, 7) is 1.12. The quantitative estimate of drug-likeness (QED) is 0.478. The molecule has 4 aromatic rings. The molecule has 0 atom stereocenters. The lowest BCUT2D eigenvalue weighted by Crippen LogP contribution is -2.23. The maximum Gasteiger partial charge on any atom is 0.359 e. The third-order valence-corrected chi connectivity index (χ3v) is 5.25. The molecule has 2 aromatic heterocycles. The first-order valence-electron chi connectivity index (χ1n) is 9.10. The number of anilines is 2. The zero-order chi connectivity index (χ0) is 22.0. The van der Waals surface area contributed by atoms with Gasteiger partial charge in [-0.15, -0.1) is 11.3 Å². The molecule has 1 amide bonds. The number of halogens is 1. The summed E-state index contributed by atoms with van der Waals surface area (Å²) in [7, 11) is 0. The number of nitrogens with zero attached hydrogens (tertiary/aromatic N) is 3. The van der Waals surface area contributed by atoms with Crippen molar-refractivity contribution in [3.8, 4) is 0 Å². The van der Waals surface area contributed by atoms with E-state index in [0.717, 1.165) is 16.2 Å². The van der Waals surface area contributed by atoms with Gasteiger partial charge in [0.2, 0.25) is 5.91 Å². The van der Waals surface area contributed by atoms with Gasteiger partial charge in [-0.25, -0.2) is 19.3 Å². The Balaban J connectivity index is 1.54. The smallest absolute Gasteiger partial charge is 0.359 e. The number of thiazole rings is 1. The standard InChI is InChI=1S/C21H15FN4O4S/c1-12(27)26(17-9-5-4-8-16(17)22)21-23-13(11-31-21)10-30-20(29)18-14-6-2-3-7-15(14)19(28)25-24-18/h2-9,11H,10H2,1H3,(H,25,28). The molecule has 0 unspecified atom stereocenters.